The van der Waals surface area contributed by atoms with Gasteiger partial charge in [-0.15, -0.1) is 0 Å². The minimum atomic E-state index is -3.98. The number of amides is 1. The van der Waals surface area contributed by atoms with Crippen LogP contribution in [0.25, 0.3) is 0 Å². The molecule has 0 aromatic rings. The van der Waals surface area contributed by atoms with E-state index in [4.69, 9.17) is 26.9 Å². The number of hydrogen-bond acceptors (Lipinski definition) is 9. The molecule has 0 aliphatic rings. The summed E-state index contributed by atoms with van der Waals surface area (Å²) in [6.45, 7) is 24.0. The number of hydrogen-bond donors (Lipinski definition) is 1. The first-order valence-electron chi connectivity index (χ1n) is 14.7. The average Bonchev–Trinajstić information content (AvgIpc) is 2.76. The van der Waals surface area contributed by atoms with Crippen LogP contribution in [-0.2, 0) is 31.5 Å². The first kappa shape index (κ1) is 39.9. The van der Waals surface area contributed by atoms with Crippen molar-refractivity contribution >= 4 is 34.3 Å². The van der Waals surface area contributed by atoms with Crippen LogP contribution in [0, 0.1) is 0 Å². The Kier molecular flexibility index (Phi) is 18.5. The lowest BCUT2D eigenvalue weighted by Crippen LogP contribution is -2.46. The molecule has 0 spiro atoms. The van der Waals surface area contributed by atoms with Gasteiger partial charge in [0.2, 0.25) is 0 Å². The van der Waals surface area contributed by atoms with Crippen molar-refractivity contribution < 1.29 is 36.3 Å². The van der Waals surface area contributed by atoms with E-state index in [0.29, 0.717) is 6.61 Å². The van der Waals surface area contributed by atoms with Gasteiger partial charge in [0, 0.05) is 12.3 Å². The van der Waals surface area contributed by atoms with Crippen LogP contribution in [-0.4, -0.2) is 63.8 Å². The molecule has 2 atom stereocenters. The van der Waals surface area contributed by atoms with Crippen molar-refractivity contribution in [3.8, 4) is 0 Å². The number of unbranched alkanes of at least 4 members (excludes halogenated alkanes) is 5. The molecule has 1 amide bonds. The van der Waals surface area contributed by atoms with Crippen molar-refractivity contribution in [1.82, 2.24) is 5.32 Å². The standard InChI is InChI=1S/C28H60NO8PSSi/c1-13-14-15-16-17-18-21-39-34-23-24(36-40(11,12)28(8,9)10)22-33-38(31,37-27(5,6)7)32-20-19-29-25(30)35-26(2,3)4/h24H,13-23H2,1-12H3,(H,29,30)/t24-,38?/m1/s1. The van der Waals surface area contributed by atoms with Gasteiger partial charge in [-0.1, -0.05) is 59.8 Å². The molecule has 0 aliphatic heterocycles. The van der Waals surface area contributed by atoms with Gasteiger partial charge < -0.3 is 18.7 Å². The number of phosphoric acid groups is 1. The molecule has 0 saturated carbocycles. The summed E-state index contributed by atoms with van der Waals surface area (Å²) >= 11 is 1.44. The van der Waals surface area contributed by atoms with Gasteiger partial charge in [-0.2, -0.15) is 0 Å². The zero-order chi connectivity index (χ0) is 31.1. The normalized spacial score (nSPS) is 15.5. The van der Waals surface area contributed by atoms with E-state index < -0.39 is 39.5 Å². The Labute approximate surface area is 250 Å². The molecule has 40 heavy (non-hydrogen) atoms. The molecule has 0 saturated heterocycles. The topological polar surface area (TPSA) is 102 Å². The van der Waals surface area contributed by atoms with Crippen LogP contribution in [0.15, 0.2) is 0 Å². The van der Waals surface area contributed by atoms with E-state index in [2.05, 4.69) is 46.1 Å². The molecule has 0 heterocycles. The Morgan fingerprint density at radius 1 is 0.875 bits per heavy atom. The Morgan fingerprint density at radius 2 is 1.48 bits per heavy atom. The predicted molar refractivity (Wildman–Crippen MR) is 168 cm³/mol. The lowest BCUT2D eigenvalue weighted by Gasteiger charge is -2.39. The molecule has 0 bridgehead atoms. The first-order valence-corrected chi connectivity index (χ1v) is 20.0. The maximum Gasteiger partial charge on any atom is 0.475 e. The Hall–Kier alpha value is -0.133. The summed E-state index contributed by atoms with van der Waals surface area (Å²) < 4.78 is 48.4. The Bertz CT molecular complexity index is 750. The summed E-state index contributed by atoms with van der Waals surface area (Å²) in [6.07, 6.45) is 6.38. The minimum Gasteiger partial charge on any atom is -0.444 e. The fourth-order valence-corrected chi connectivity index (χ4v) is 6.58. The van der Waals surface area contributed by atoms with Crippen molar-refractivity contribution in [3.63, 3.8) is 0 Å². The summed E-state index contributed by atoms with van der Waals surface area (Å²) in [5.41, 5.74) is -1.40. The molecular formula is C28H60NO8PSSi. The summed E-state index contributed by atoms with van der Waals surface area (Å²) in [4.78, 5) is 11.9. The molecule has 9 nitrogen and oxygen atoms in total. The molecule has 240 valence electrons. The average molecular weight is 630 g/mol. The van der Waals surface area contributed by atoms with Gasteiger partial charge in [-0.3, -0.25) is 13.6 Å². The van der Waals surface area contributed by atoms with E-state index in [1.165, 1.54) is 44.1 Å². The smallest absolute Gasteiger partial charge is 0.444 e. The number of rotatable bonds is 20. The molecule has 0 aromatic heterocycles. The summed E-state index contributed by atoms with van der Waals surface area (Å²) in [5, 5.41) is 2.56. The van der Waals surface area contributed by atoms with Gasteiger partial charge in [0.25, 0.3) is 0 Å². The first-order chi connectivity index (χ1) is 18.2. The maximum absolute atomic E-state index is 13.6. The third kappa shape index (κ3) is 20.7. The van der Waals surface area contributed by atoms with Crippen molar-refractivity contribution in [1.29, 1.82) is 0 Å². The predicted octanol–water partition coefficient (Wildman–Crippen LogP) is 8.88. The zero-order valence-electron chi connectivity index (χ0n) is 27.5. The molecule has 0 fully saturated rings. The Balaban J connectivity index is 5.14. The van der Waals surface area contributed by atoms with Gasteiger partial charge in [0.05, 0.1) is 31.5 Å². The van der Waals surface area contributed by atoms with Crippen LogP contribution >= 0.6 is 19.9 Å². The second-order valence-corrected chi connectivity index (χ2v) is 20.8. The van der Waals surface area contributed by atoms with Crippen LogP contribution in [0.2, 0.25) is 18.1 Å². The number of carbonyl (C=O) groups is 1. The minimum absolute atomic E-state index is 0.0169. The van der Waals surface area contributed by atoms with Gasteiger partial charge in [-0.25, -0.2) is 9.36 Å². The zero-order valence-corrected chi connectivity index (χ0v) is 30.2. The monoisotopic (exact) mass is 629 g/mol. The van der Waals surface area contributed by atoms with E-state index in [1.54, 1.807) is 41.5 Å². The van der Waals surface area contributed by atoms with E-state index in [1.807, 2.05) is 0 Å². The van der Waals surface area contributed by atoms with E-state index in [0.717, 1.165) is 12.2 Å². The quantitative estimate of drug-likeness (QED) is 0.0612. The third-order valence-electron chi connectivity index (χ3n) is 6.01. The second-order valence-electron chi connectivity index (χ2n) is 13.6. The molecular weight excluding hydrogens is 569 g/mol. The van der Waals surface area contributed by atoms with Gasteiger partial charge in [0.1, 0.15) is 5.60 Å². The largest absolute Gasteiger partial charge is 0.475 e. The van der Waals surface area contributed by atoms with E-state index >= 15 is 0 Å². The molecule has 1 N–H and O–H groups in total. The van der Waals surface area contributed by atoms with Crippen molar-refractivity contribution in [3.05, 3.63) is 0 Å². The molecule has 0 aliphatic carbocycles. The van der Waals surface area contributed by atoms with E-state index in [9.17, 15) is 9.36 Å². The van der Waals surface area contributed by atoms with E-state index in [-0.39, 0.29) is 24.8 Å². The molecule has 12 heteroatoms. The molecule has 1 unspecified atom stereocenters. The van der Waals surface area contributed by atoms with Crippen LogP contribution in [0.4, 0.5) is 4.79 Å². The number of nitrogens with one attached hydrogen (secondary N) is 1. The number of carbonyl (C=O) groups excluding carboxylic acids is 1. The van der Waals surface area contributed by atoms with Crippen molar-refractivity contribution in [2.75, 3.05) is 32.1 Å². The third-order valence-corrected chi connectivity index (χ3v) is 13.0. The fourth-order valence-electron chi connectivity index (χ4n) is 3.06. The SMILES string of the molecule is CCCCCCCCSOC[C@@H](COP(=O)(OCCNC(=O)OC(C)(C)C)OC(C)(C)C)O[Si](C)(C)C(C)(C)C. The fraction of sp³-hybridized carbons (Fsp3) is 0.964. The molecule has 0 aromatic carbocycles. The van der Waals surface area contributed by atoms with Gasteiger partial charge >= 0.3 is 13.9 Å². The number of phosphoric ester groups is 1. The molecule has 0 rings (SSSR count). The Morgan fingerprint density at radius 3 is 2.02 bits per heavy atom. The highest BCUT2D eigenvalue weighted by Crippen LogP contribution is 2.52. The summed E-state index contributed by atoms with van der Waals surface area (Å²) in [6, 6.07) is 0. The lowest BCUT2D eigenvalue weighted by molar-refractivity contribution is 0.0146. The van der Waals surface area contributed by atoms with Gasteiger partial charge in [-0.05, 0) is 78.1 Å². The van der Waals surface area contributed by atoms with Crippen LogP contribution in [0.1, 0.15) is 108 Å². The maximum atomic E-state index is 13.6. The summed E-state index contributed by atoms with van der Waals surface area (Å²) in [7, 11) is -6.15. The molecule has 0 radical (unpaired) electrons. The highest BCUT2D eigenvalue weighted by atomic mass is 32.2. The highest BCUT2D eigenvalue weighted by Gasteiger charge is 2.41. The van der Waals surface area contributed by atoms with Crippen molar-refractivity contribution in [2.24, 2.45) is 0 Å². The van der Waals surface area contributed by atoms with Crippen molar-refractivity contribution in [2.45, 2.75) is 143 Å². The number of alkyl carbamates (subject to hydrolysis) is 1. The van der Waals surface area contributed by atoms with Crippen LogP contribution in [0.3, 0.4) is 0 Å². The number of ether oxygens (including phenoxy) is 1. The lowest BCUT2D eigenvalue weighted by atomic mass is 10.1. The van der Waals surface area contributed by atoms with Crippen LogP contribution < -0.4 is 5.32 Å². The highest BCUT2D eigenvalue weighted by molar-refractivity contribution is 7.94. The second kappa shape index (κ2) is 18.5. The summed E-state index contributed by atoms with van der Waals surface area (Å²) in [5.74, 6) is 0.916. The van der Waals surface area contributed by atoms with Gasteiger partial charge in [0.15, 0.2) is 8.32 Å². The van der Waals surface area contributed by atoms with Crippen LogP contribution in [0.5, 0.6) is 0 Å².